The van der Waals surface area contributed by atoms with Crippen LogP contribution in [0.5, 0.6) is 0 Å². The predicted octanol–water partition coefficient (Wildman–Crippen LogP) is 4.86. The van der Waals surface area contributed by atoms with Crippen LogP contribution in [0.1, 0.15) is 29.7 Å². The topological polar surface area (TPSA) is 61.8 Å². The third-order valence-corrected chi connectivity index (χ3v) is 6.08. The molecule has 3 aromatic carbocycles. The number of likely N-dealkylation sites (N-methyl/N-ethyl adjacent to an activating group) is 1. The van der Waals surface area contributed by atoms with Crippen LogP contribution in [0.25, 0.3) is 5.57 Å². The summed E-state index contributed by atoms with van der Waals surface area (Å²) in [5.74, 6) is 6.03. The van der Waals surface area contributed by atoms with Crippen LogP contribution < -0.4 is 11.6 Å². The quantitative estimate of drug-likeness (QED) is 0.282. The van der Waals surface area contributed by atoms with E-state index in [1.807, 2.05) is 43.3 Å². The van der Waals surface area contributed by atoms with Gasteiger partial charge in [0.15, 0.2) is 0 Å². The summed E-state index contributed by atoms with van der Waals surface area (Å²) in [7, 11) is 3.94. The van der Waals surface area contributed by atoms with Crippen LogP contribution in [0.15, 0.2) is 103 Å². The largest absolute Gasteiger partial charge is 0.400 e. The minimum Gasteiger partial charge on any atom is -0.400 e. The molecule has 0 saturated carbocycles. The second-order valence-corrected chi connectivity index (χ2v) is 9.25. The van der Waals surface area contributed by atoms with Crippen molar-refractivity contribution in [1.82, 2.24) is 14.8 Å². The Labute approximate surface area is 215 Å². The number of halogens is 1. The highest BCUT2D eigenvalue weighted by molar-refractivity contribution is 5.79. The first-order chi connectivity index (χ1) is 17.3. The van der Waals surface area contributed by atoms with Gasteiger partial charge in [0, 0.05) is 44.1 Å². The number of rotatable bonds is 12. The molecule has 0 saturated heterocycles. The Hall–Kier alpha value is -3.45. The smallest absolute Gasteiger partial charge is 0.123 e. The number of hydrogen-bond acceptors (Lipinski definition) is 5. The normalized spacial score (nSPS) is 12.6. The molecule has 0 aliphatic carbocycles. The van der Waals surface area contributed by atoms with Gasteiger partial charge < -0.3 is 15.6 Å². The summed E-state index contributed by atoms with van der Waals surface area (Å²) < 4.78 is 13.6. The first kappa shape index (κ1) is 27.1. The first-order valence-electron chi connectivity index (χ1n) is 12.3. The van der Waals surface area contributed by atoms with Gasteiger partial charge in [0.05, 0.1) is 0 Å². The molecule has 6 heteroatoms. The lowest BCUT2D eigenvalue weighted by atomic mass is 9.97. The molecular formula is C30H38FN5. The Morgan fingerprint density at radius 2 is 1.42 bits per heavy atom. The van der Waals surface area contributed by atoms with Crippen molar-refractivity contribution in [1.29, 1.82) is 0 Å². The van der Waals surface area contributed by atoms with Crippen molar-refractivity contribution in [3.63, 3.8) is 0 Å². The van der Waals surface area contributed by atoms with E-state index in [0.29, 0.717) is 31.9 Å². The van der Waals surface area contributed by atoms with Crippen molar-refractivity contribution in [2.75, 3.05) is 40.3 Å². The van der Waals surface area contributed by atoms with Gasteiger partial charge in [-0.2, -0.15) is 0 Å². The highest BCUT2D eigenvalue weighted by Crippen LogP contribution is 2.25. The maximum absolute atomic E-state index is 13.6. The minimum atomic E-state index is -0.234. The summed E-state index contributed by atoms with van der Waals surface area (Å²) in [6, 6.07) is 27.6. The summed E-state index contributed by atoms with van der Waals surface area (Å²) in [6.45, 7) is 4.78. The van der Waals surface area contributed by atoms with E-state index < -0.39 is 0 Å². The molecule has 0 aliphatic heterocycles. The first-order valence-corrected chi connectivity index (χ1v) is 12.3. The highest BCUT2D eigenvalue weighted by atomic mass is 19.1. The van der Waals surface area contributed by atoms with Crippen LogP contribution in [0.3, 0.4) is 0 Å². The maximum atomic E-state index is 13.6. The number of hydrazine groups is 1. The molecule has 0 bridgehead atoms. The van der Waals surface area contributed by atoms with Crippen LogP contribution in [0.2, 0.25) is 0 Å². The Kier molecular flexibility index (Phi) is 10.2. The van der Waals surface area contributed by atoms with Crippen molar-refractivity contribution >= 4 is 5.57 Å². The van der Waals surface area contributed by atoms with E-state index in [1.54, 1.807) is 11.2 Å². The molecule has 36 heavy (non-hydrogen) atoms. The van der Waals surface area contributed by atoms with Gasteiger partial charge in [-0.15, -0.1) is 0 Å². The van der Waals surface area contributed by atoms with Crippen molar-refractivity contribution in [3.05, 3.63) is 125 Å². The molecule has 3 rings (SSSR count). The maximum Gasteiger partial charge on any atom is 0.123 e. The SMILES string of the molecule is CC(c1ccc(F)cc1)N(CC=C(c1ccccc1)c1ccccc1)CCN(N)/C=C(\N)CN(C)C. The molecule has 1 atom stereocenters. The van der Waals surface area contributed by atoms with Crippen molar-refractivity contribution in [2.24, 2.45) is 11.6 Å². The van der Waals surface area contributed by atoms with Crippen molar-refractivity contribution in [2.45, 2.75) is 13.0 Å². The van der Waals surface area contributed by atoms with Crippen molar-refractivity contribution < 1.29 is 4.39 Å². The lowest BCUT2D eigenvalue weighted by molar-refractivity contribution is 0.206. The summed E-state index contributed by atoms with van der Waals surface area (Å²) in [4.78, 5) is 4.34. The monoisotopic (exact) mass is 487 g/mol. The van der Waals surface area contributed by atoms with E-state index in [1.165, 1.54) is 17.7 Å². The van der Waals surface area contributed by atoms with E-state index in [4.69, 9.17) is 11.6 Å². The Morgan fingerprint density at radius 1 is 0.861 bits per heavy atom. The second kappa shape index (κ2) is 13.6. The zero-order chi connectivity index (χ0) is 25.9. The molecule has 0 fully saturated rings. The van der Waals surface area contributed by atoms with Gasteiger partial charge in [0.1, 0.15) is 5.82 Å². The van der Waals surface area contributed by atoms with Gasteiger partial charge in [-0.25, -0.2) is 10.2 Å². The molecule has 0 aliphatic rings. The average Bonchev–Trinajstić information content (AvgIpc) is 2.86. The molecule has 4 N–H and O–H groups in total. The molecule has 0 heterocycles. The highest BCUT2D eigenvalue weighted by Gasteiger charge is 2.16. The summed E-state index contributed by atoms with van der Waals surface area (Å²) in [6.07, 6.45) is 4.05. The molecule has 0 amide bonds. The van der Waals surface area contributed by atoms with Gasteiger partial charge in [-0.05, 0) is 55.4 Å². The molecule has 5 nitrogen and oxygen atoms in total. The lowest BCUT2D eigenvalue weighted by Crippen LogP contribution is -2.38. The van der Waals surface area contributed by atoms with Crippen LogP contribution >= 0.6 is 0 Å². The fourth-order valence-corrected chi connectivity index (χ4v) is 4.17. The van der Waals surface area contributed by atoms with Crippen molar-refractivity contribution in [3.8, 4) is 0 Å². The molecule has 0 aromatic heterocycles. The Morgan fingerprint density at radius 3 is 1.94 bits per heavy atom. The van der Waals surface area contributed by atoms with Crippen LogP contribution in [-0.4, -0.2) is 55.1 Å². The third kappa shape index (κ3) is 8.34. The number of nitrogens with two attached hydrogens (primary N) is 2. The van der Waals surface area contributed by atoms with E-state index in [-0.39, 0.29) is 11.9 Å². The molecule has 0 spiro atoms. The van der Waals surface area contributed by atoms with Crippen LogP contribution in [-0.2, 0) is 0 Å². The van der Waals surface area contributed by atoms with Gasteiger partial charge in [-0.3, -0.25) is 4.90 Å². The molecule has 3 aromatic rings. The Balaban J connectivity index is 1.86. The summed E-state index contributed by atoms with van der Waals surface area (Å²) in [5, 5.41) is 1.64. The summed E-state index contributed by atoms with van der Waals surface area (Å²) >= 11 is 0. The number of nitrogens with zero attached hydrogens (tertiary/aromatic N) is 3. The third-order valence-electron chi connectivity index (χ3n) is 6.08. The van der Waals surface area contributed by atoms with E-state index in [2.05, 4.69) is 66.4 Å². The average molecular weight is 488 g/mol. The van der Waals surface area contributed by atoms with Crippen LogP contribution in [0.4, 0.5) is 4.39 Å². The van der Waals surface area contributed by atoms with E-state index in [0.717, 1.165) is 16.7 Å². The minimum absolute atomic E-state index is 0.0612. The zero-order valence-corrected chi connectivity index (χ0v) is 21.5. The molecule has 190 valence electrons. The van der Waals surface area contributed by atoms with Gasteiger partial charge in [-0.1, -0.05) is 78.9 Å². The molecule has 1 unspecified atom stereocenters. The number of benzene rings is 3. The van der Waals surface area contributed by atoms with E-state index >= 15 is 0 Å². The predicted molar refractivity (Wildman–Crippen MR) is 148 cm³/mol. The zero-order valence-electron chi connectivity index (χ0n) is 21.5. The fourth-order valence-electron chi connectivity index (χ4n) is 4.17. The fraction of sp³-hybridized carbons (Fsp3) is 0.267. The Bertz CT molecular complexity index is 1070. The molecular weight excluding hydrogens is 449 g/mol. The van der Waals surface area contributed by atoms with Gasteiger partial charge in [0.25, 0.3) is 0 Å². The standard InChI is InChI=1S/C30H38FN5/c1-24(25-14-16-28(31)17-15-25)35(20-21-36(33)23-29(32)22-34(2)3)19-18-30(26-10-6-4-7-11-26)27-12-8-5-9-13-27/h4-18,23-24H,19-22,32-33H2,1-3H3/b29-23-. The van der Waals surface area contributed by atoms with E-state index in [9.17, 15) is 4.39 Å². The van der Waals surface area contributed by atoms with Gasteiger partial charge >= 0.3 is 0 Å². The molecule has 0 radical (unpaired) electrons. The van der Waals surface area contributed by atoms with Crippen LogP contribution in [0, 0.1) is 5.82 Å². The number of hydrogen-bond donors (Lipinski definition) is 2. The van der Waals surface area contributed by atoms with Gasteiger partial charge in [0.2, 0.25) is 0 Å². The second-order valence-electron chi connectivity index (χ2n) is 9.25. The summed E-state index contributed by atoms with van der Waals surface area (Å²) in [5.41, 5.74) is 11.4. The lowest BCUT2D eigenvalue weighted by Gasteiger charge is -2.30.